The third-order valence-corrected chi connectivity index (χ3v) is 16.3. The molecule has 0 atom stereocenters. The summed E-state index contributed by atoms with van der Waals surface area (Å²) in [6.07, 6.45) is 8.75. The molecule has 4 fully saturated rings. The fourth-order valence-electron chi connectivity index (χ4n) is 13.6. The van der Waals surface area contributed by atoms with Crippen LogP contribution in [-0.2, 0) is 26.5 Å². The van der Waals surface area contributed by atoms with Gasteiger partial charge < -0.3 is 19.1 Å². The molecule has 10 aromatic rings. The van der Waals surface area contributed by atoms with E-state index in [-0.39, 0.29) is 26.5 Å². The van der Waals surface area contributed by atoms with Crippen molar-refractivity contribution < 1.29 is 25.8 Å². The van der Waals surface area contributed by atoms with Crippen molar-refractivity contribution in [3.8, 4) is 39.6 Å². The Kier molecular flexibility index (Phi) is 10.8. The van der Waals surface area contributed by atoms with Crippen LogP contribution < -0.4 is 14.5 Å². The van der Waals surface area contributed by atoms with E-state index in [1.807, 2.05) is 18.2 Å². The van der Waals surface area contributed by atoms with Gasteiger partial charge >= 0.3 is 0 Å². The van der Waals surface area contributed by atoms with Crippen LogP contribution in [0.15, 0.2) is 200 Å². The van der Waals surface area contributed by atoms with E-state index in [2.05, 4.69) is 222 Å². The first kappa shape index (κ1) is 43.8. The van der Waals surface area contributed by atoms with Gasteiger partial charge in [0.2, 0.25) is 0 Å². The summed E-state index contributed by atoms with van der Waals surface area (Å²) in [7, 11) is 0. The zero-order valence-electron chi connectivity index (χ0n) is 39.5. The van der Waals surface area contributed by atoms with Gasteiger partial charge in [0.25, 0.3) is 0 Å². The minimum absolute atomic E-state index is 0. The van der Waals surface area contributed by atoms with Gasteiger partial charge in [-0.15, -0.1) is 48.1 Å². The maximum Gasteiger partial charge on any atom is 0.135 e. The minimum atomic E-state index is -0.0316. The summed E-state index contributed by atoms with van der Waals surface area (Å²) in [5.41, 5.74) is 15.0. The van der Waals surface area contributed by atoms with E-state index >= 15 is 0 Å². The Labute approximate surface area is 430 Å². The summed E-state index contributed by atoms with van der Waals surface area (Å²) in [5, 5.41) is 2.28. The molecule has 4 aliphatic carbocycles. The normalized spacial score (nSPS) is 20.9. The van der Waals surface area contributed by atoms with Crippen LogP contribution in [0.4, 0.5) is 22.7 Å². The van der Waals surface area contributed by atoms with E-state index in [0.717, 1.165) is 79.1 Å². The number of rotatable bonds is 9. The Morgan fingerprint density at radius 2 is 1.17 bits per heavy atom. The van der Waals surface area contributed by atoms with Crippen LogP contribution in [0.3, 0.4) is 0 Å². The van der Waals surface area contributed by atoms with E-state index < -0.39 is 0 Å². The molecule has 71 heavy (non-hydrogen) atoms. The largest absolute Gasteiger partial charge is 0.509 e. The number of anilines is 4. The Hall–Kier alpha value is -7.20. The maximum absolute atomic E-state index is 6.79. The van der Waals surface area contributed by atoms with E-state index in [4.69, 9.17) is 9.72 Å². The van der Waals surface area contributed by atoms with Gasteiger partial charge in [0.05, 0.1) is 0 Å². The molecule has 0 radical (unpaired) electrons. The topological polar surface area (TPSA) is 33.5 Å². The summed E-state index contributed by atoms with van der Waals surface area (Å²) < 4.78 is 9.10. The molecule has 4 bridgehead atoms. The molecular formula is C65H51N4OPt-3. The van der Waals surface area contributed by atoms with Crippen LogP contribution in [0.2, 0.25) is 0 Å². The Bertz CT molecular complexity index is 3520. The number of hydrogen-bond acceptors (Lipinski definition) is 4. The van der Waals surface area contributed by atoms with Crippen LogP contribution in [0.5, 0.6) is 11.5 Å². The molecule has 5 nitrogen and oxygen atoms in total. The van der Waals surface area contributed by atoms with E-state index in [9.17, 15) is 0 Å². The van der Waals surface area contributed by atoms with Crippen molar-refractivity contribution in [2.75, 3.05) is 9.80 Å². The molecule has 4 saturated carbocycles. The second-order valence-electron chi connectivity index (χ2n) is 20.2. The van der Waals surface area contributed by atoms with Gasteiger partial charge in [-0.2, -0.15) is 12.1 Å². The first-order chi connectivity index (χ1) is 34.6. The van der Waals surface area contributed by atoms with E-state index in [1.54, 1.807) is 0 Å². The predicted octanol–water partition coefficient (Wildman–Crippen LogP) is 16.4. The van der Waals surface area contributed by atoms with Crippen molar-refractivity contribution in [3.05, 3.63) is 236 Å². The summed E-state index contributed by atoms with van der Waals surface area (Å²) in [6, 6.07) is 77.2. The van der Waals surface area contributed by atoms with Gasteiger partial charge in [-0.25, -0.2) is 4.98 Å². The number of ether oxygens (including phenoxy) is 1. The summed E-state index contributed by atoms with van der Waals surface area (Å²) in [6.45, 7) is 4.40. The van der Waals surface area contributed by atoms with E-state index in [0.29, 0.717) is 23.3 Å². The Balaban J connectivity index is 0.00000492. The zero-order valence-corrected chi connectivity index (χ0v) is 41.8. The molecule has 0 unspecified atom stereocenters. The number of aromatic nitrogens is 2. The van der Waals surface area contributed by atoms with Crippen LogP contribution in [0, 0.1) is 49.4 Å². The van der Waals surface area contributed by atoms with E-state index in [1.165, 1.54) is 54.2 Å². The van der Waals surface area contributed by atoms with Crippen molar-refractivity contribution in [1.82, 2.24) is 9.55 Å². The van der Waals surface area contributed by atoms with Crippen molar-refractivity contribution in [2.45, 2.75) is 44.4 Å². The zero-order chi connectivity index (χ0) is 46.3. The van der Waals surface area contributed by atoms with Crippen LogP contribution in [-0.4, -0.2) is 9.55 Å². The number of pyridine rings is 1. The number of aryl methyl sites for hydroxylation is 1. The molecule has 0 spiro atoms. The average molecular weight is 1100 g/mol. The Morgan fingerprint density at radius 3 is 1.87 bits per heavy atom. The molecular weight excluding hydrogens is 1050 g/mol. The summed E-state index contributed by atoms with van der Waals surface area (Å²) in [5.74, 6) is 5.13. The van der Waals surface area contributed by atoms with Gasteiger partial charge in [-0.05, 0) is 121 Å². The standard InChI is InChI=1S/C65H51N4O.Pt/c1-43-26-28-48(29-27-43)65(50-35-44-34-45(37-50)38-51(65)36-44)49-32-33-66-63(39-49)69-59-23-9-8-20-57(59)58-31-30-54(41-62(58)69)70-53-19-12-18-52(40-53)67-42-68(61-25-11-10-24-60(61)67)64-55(46-14-4-2-5-15-46)21-13-22-56(64)47-16-6-3-7-17-47;/h2-33,39,42,44-45,50-51H,34-38H2,1H3;/q-3;. The fraction of sp³-hybridized carbons (Fsp3) is 0.169. The van der Waals surface area contributed by atoms with Gasteiger partial charge in [-0.3, -0.25) is 0 Å². The van der Waals surface area contributed by atoms with Gasteiger partial charge in [-0.1, -0.05) is 145 Å². The van der Waals surface area contributed by atoms with Crippen LogP contribution in [0.1, 0.15) is 48.8 Å². The quantitative estimate of drug-likeness (QED) is 0.135. The maximum atomic E-state index is 6.79. The summed E-state index contributed by atoms with van der Waals surface area (Å²) >= 11 is 0. The van der Waals surface area contributed by atoms with Crippen molar-refractivity contribution >= 4 is 44.6 Å². The molecule has 2 aromatic heterocycles. The number of nitrogens with zero attached hydrogens (tertiary/aromatic N) is 4. The average Bonchev–Trinajstić information content (AvgIpc) is 3.95. The molecule has 0 amide bonds. The molecule has 5 aliphatic rings. The van der Waals surface area contributed by atoms with Crippen molar-refractivity contribution in [2.24, 2.45) is 23.7 Å². The first-order valence-corrected chi connectivity index (χ1v) is 25.0. The molecule has 15 rings (SSSR count). The molecule has 0 saturated heterocycles. The van der Waals surface area contributed by atoms with Crippen molar-refractivity contribution in [3.63, 3.8) is 0 Å². The van der Waals surface area contributed by atoms with Gasteiger partial charge in [0, 0.05) is 77.9 Å². The van der Waals surface area contributed by atoms with Gasteiger partial charge in [0.1, 0.15) is 5.82 Å². The minimum Gasteiger partial charge on any atom is -0.509 e. The third-order valence-electron chi connectivity index (χ3n) is 16.3. The molecule has 1 aliphatic heterocycles. The molecule has 8 aromatic carbocycles. The van der Waals surface area contributed by atoms with Crippen molar-refractivity contribution in [1.29, 1.82) is 0 Å². The SMILES string of the molecule is Cc1ccc(C2(c3ccnc(-n4c5[c-]c(Oc6[c-]c(N7[CH-]N(c8c(-c9ccccc9)cccc8-c8ccccc8)c8ccccc87)ccc6)ccc5c5ccccc54)c3)C3CC4CC(C3)CC2C4)cc1.[Pt]. The van der Waals surface area contributed by atoms with Gasteiger partial charge in [0.15, 0.2) is 0 Å². The first-order valence-electron chi connectivity index (χ1n) is 25.0. The number of fused-ring (bicyclic) bond motifs is 4. The third kappa shape index (κ3) is 7.18. The van der Waals surface area contributed by atoms with Crippen LogP contribution in [0.25, 0.3) is 49.9 Å². The fourth-order valence-corrected chi connectivity index (χ4v) is 13.6. The molecule has 0 N–H and O–H groups in total. The second-order valence-corrected chi connectivity index (χ2v) is 20.2. The smallest absolute Gasteiger partial charge is 0.135 e. The number of benzene rings is 8. The number of hydrogen-bond donors (Lipinski definition) is 0. The second kappa shape index (κ2) is 17.6. The summed E-state index contributed by atoms with van der Waals surface area (Å²) in [4.78, 5) is 9.72. The number of para-hydroxylation sites is 4. The Morgan fingerprint density at radius 1 is 0.549 bits per heavy atom. The molecule has 350 valence electrons. The molecule has 3 heterocycles. The monoisotopic (exact) mass is 1100 g/mol. The molecule has 6 heteroatoms. The van der Waals surface area contributed by atoms with Crippen LogP contribution >= 0.6 is 0 Å². The predicted molar refractivity (Wildman–Crippen MR) is 284 cm³/mol.